The third-order valence-electron chi connectivity index (χ3n) is 6.66. The van der Waals surface area contributed by atoms with Crippen LogP contribution in [-0.2, 0) is 6.54 Å². The monoisotopic (exact) mass is 482 g/mol. The molecule has 0 N–H and O–H groups in total. The van der Waals surface area contributed by atoms with Gasteiger partial charge in [0, 0.05) is 5.56 Å². The zero-order chi connectivity index (χ0) is 25.4. The molecular formula is C29H27FN4O2. The van der Waals surface area contributed by atoms with Gasteiger partial charge < -0.3 is 4.57 Å². The maximum atomic E-state index is 14.5. The van der Waals surface area contributed by atoms with Crippen molar-refractivity contribution in [3.8, 4) is 5.69 Å². The number of fused-ring (bicyclic) bond motifs is 1. The van der Waals surface area contributed by atoms with Crippen LogP contribution in [-0.4, -0.2) is 18.7 Å². The predicted octanol–water partition coefficient (Wildman–Crippen LogP) is 5.27. The van der Waals surface area contributed by atoms with Gasteiger partial charge in [0.15, 0.2) is 11.2 Å². The molecule has 0 bridgehead atoms. The minimum atomic E-state index is -0.564. The standard InChI is InChI=1S/C29H27FN4O2/c1-19(2)21-13-15-24(16-14-21)34-27-26(33(18-31-27)20(3)22-9-5-4-6-10-22)28(35)32(29(34)36)17-23-11-7-8-12-25(23)30/h4-16,18-20H,17H2,1-3H3/t20-/m0/s1. The minimum Gasteiger partial charge on any atom is -0.317 e. The van der Waals surface area contributed by atoms with E-state index in [9.17, 15) is 14.0 Å². The summed E-state index contributed by atoms with van der Waals surface area (Å²) in [6, 6.07) is 23.4. The molecule has 6 nitrogen and oxygen atoms in total. The van der Waals surface area contributed by atoms with Crippen molar-refractivity contribution in [1.82, 2.24) is 18.7 Å². The average Bonchev–Trinajstić information content (AvgIpc) is 3.33. The highest BCUT2D eigenvalue weighted by Crippen LogP contribution is 2.23. The lowest BCUT2D eigenvalue weighted by atomic mass is 10.0. The van der Waals surface area contributed by atoms with Gasteiger partial charge in [-0.1, -0.05) is 74.5 Å². The second-order valence-electron chi connectivity index (χ2n) is 9.26. The van der Waals surface area contributed by atoms with Gasteiger partial charge in [0.1, 0.15) is 5.82 Å². The molecule has 1 atom stereocenters. The van der Waals surface area contributed by atoms with E-state index in [2.05, 4.69) is 18.8 Å². The number of hydrogen-bond donors (Lipinski definition) is 0. The summed E-state index contributed by atoms with van der Waals surface area (Å²) in [4.78, 5) is 32.0. The average molecular weight is 483 g/mol. The van der Waals surface area contributed by atoms with Crippen LogP contribution >= 0.6 is 0 Å². The van der Waals surface area contributed by atoms with Crippen LogP contribution < -0.4 is 11.2 Å². The third-order valence-corrected chi connectivity index (χ3v) is 6.66. The smallest absolute Gasteiger partial charge is 0.317 e. The van der Waals surface area contributed by atoms with E-state index < -0.39 is 17.1 Å². The SMILES string of the molecule is CC(C)c1ccc(-n2c(=O)n(Cc3ccccc3F)c(=O)c3c2ncn3[C@@H](C)c2ccccc2)cc1. The molecule has 0 unspecified atom stereocenters. The molecule has 3 aromatic carbocycles. The van der Waals surface area contributed by atoms with Crippen molar-refractivity contribution in [2.45, 2.75) is 39.3 Å². The van der Waals surface area contributed by atoms with Crippen LogP contribution in [0.4, 0.5) is 4.39 Å². The highest BCUT2D eigenvalue weighted by molar-refractivity contribution is 5.73. The molecule has 0 saturated heterocycles. The third kappa shape index (κ3) is 4.06. The summed E-state index contributed by atoms with van der Waals surface area (Å²) < 4.78 is 18.8. The van der Waals surface area contributed by atoms with Gasteiger partial charge in [-0.25, -0.2) is 18.7 Å². The molecule has 0 amide bonds. The van der Waals surface area contributed by atoms with Crippen molar-refractivity contribution < 1.29 is 4.39 Å². The normalized spacial score (nSPS) is 12.4. The Morgan fingerprint density at radius 1 is 0.833 bits per heavy atom. The van der Waals surface area contributed by atoms with Crippen LogP contribution in [0.25, 0.3) is 16.9 Å². The van der Waals surface area contributed by atoms with E-state index in [0.29, 0.717) is 11.6 Å². The van der Waals surface area contributed by atoms with E-state index in [1.807, 2.05) is 61.5 Å². The number of hydrogen-bond acceptors (Lipinski definition) is 3. The van der Waals surface area contributed by atoms with Crippen LogP contribution in [0.15, 0.2) is 94.8 Å². The Labute approximate surface area is 207 Å². The van der Waals surface area contributed by atoms with Crippen LogP contribution in [0.5, 0.6) is 0 Å². The molecular weight excluding hydrogens is 455 g/mol. The van der Waals surface area contributed by atoms with Crippen molar-refractivity contribution in [1.29, 1.82) is 0 Å². The lowest BCUT2D eigenvalue weighted by Crippen LogP contribution is -2.40. The quantitative estimate of drug-likeness (QED) is 0.331. The molecule has 7 heteroatoms. The van der Waals surface area contributed by atoms with E-state index >= 15 is 0 Å². The maximum absolute atomic E-state index is 14.5. The number of imidazole rings is 1. The lowest BCUT2D eigenvalue weighted by molar-refractivity contribution is 0.584. The van der Waals surface area contributed by atoms with E-state index in [-0.39, 0.29) is 29.3 Å². The first kappa shape index (κ1) is 23.5. The first-order valence-electron chi connectivity index (χ1n) is 12.0. The van der Waals surface area contributed by atoms with Crippen molar-refractivity contribution in [3.05, 3.63) is 129 Å². The van der Waals surface area contributed by atoms with Gasteiger partial charge in [-0.15, -0.1) is 0 Å². The summed E-state index contributed by atoms with van der Waals surface area (Å²) in [6.07, 6.45) is 1.59. The molecule has 0 aliphatic carbocycles. The van der Waals surface area contributed by atoms with Gasteiger partial charge in [0.25, 0.3) is 5.56 Å². The zero-order valence-corrected chi connectivity index (χ0v) is 20.4. The molecule has 5 aromatic rings. The number of aromatic nitrogens is 4. The summed E-state index contributed by atoms with van der Waals surface area (Å²) in [5, 5.41) is 0. The number of benzene rings is 3. The Hall–Kier alpha value is -4.26. The van der Waals surface area contributed by atoms with Crippen LogP contribution in [0.1, 0.15) is 49.4 Å². The molecule has 0 fully saturated rings. The topological polar surface area (TPSA) is 61.8 Å². The van der Waals surface area contributed by atoms with Gasteiger partial charge in [-0.05, 0) is 42.2 Å². The van der Waals surface area contributed by atoms with Gasteiger partial charge in [0.2, 0.25) is 0 Å². The Kier molecular flexibility index (Phi) is 6.14. The largest absolute Gasteiger partial charge is 0.337 e. The summed E-state index contributed by atoms with van der Waals surface area (Å²) in [5.74, 6) is -0.139. The predicted molar refractivity (Wildman–Crippen MR) is 139 cm³/mol. The van der Waals surface area contributed by atoms with E-state index in [4.69, 9.17) is 0 Å². The molecule has 5 rings (SSSR count). The second-order valence-corrected chi connectivity index (χ2v) is 9.26. The van der Waals surface area contributed by atoms with Crippen molar-refractivity contribution in [2.75, 3.05) is 0 Å². The fourth-order valence-corrected chi connectivity index (χ4v) is 4.51. The van der Waals surface area contributed by atoms with E-state index in [1.54, 1.807) is 29.1 Å². The second kappa shape index (κ2) is 9.41. The molecule has 0 aliphatic rings. The summed E-state index contributed by atoms with van der Waals surface area (Å²) in [5.41, 5.74) is 2.47. The first-order chi connectivity index (χ1) is 17.4. The lowest BCUT2D eigenvalue weighted by Gasteiger charge is -2.17. The molecule has 0 radical (unpaired) electrons. The fraction of sp³-hybridized carbons (Fsp3) is 0.207. The van der Waals surface area contributed by atoms with Gasteiger partial charge in [-0.2, -0.15) is 0 Å². The van der Waals surface area contributed by atoms with Crippen molar-refractivity contribution >= 4 is 11.2 Å². The Morgan fingerprint density at radius 3 is 2.17 bits per heavy atom. The number of rotatable bonds is 6. The van der Waals surface area contributed by atoms with Crippen LogP contribution in [0.2, 0.25) is 0 Å². The van der Waals surface area contributed by atoms with E-state index in [0.717, 1.165) is 15.7 Å². The fourth-order valence-electron chi connectivity index (χ4n) is 4.51. The van der Waals surface area contributed by atoms with Crippen molar-refractivity contribution in [3.63, 3.8) is 0 Å². The minimum absolute atomic E-state index is 0.185. The molecule has 2 heterocycles. The number of nitrogens with zero attached hydrogens (tertiary/aromatic N) is 4. The van der Waals surface area contributed by atoms with Gasteiger partial charge >= 0.3 is 5.69 Å². The summed E-state index contributed by atoms with van der Waals surface area (Å²) >= 11 is 0. The molecule has 2 aromatic heterocycles. The molecule has 36 heavy (non-hydrogen) atoms. The van der Waals surface area contributed by atoms with Crippen molar-refractivity contribution in [2.24, 2.45) is 0 Å². The molecule has 0 aliphatic heterocycles. The Balaban J connectivity index is 1.78. The summed E-state index contributed by atoms with van der Waals surface area (Å²) in [7, 11) is 0. The van der Waals surface area contributed by atoms with Crippen LogP contribution in [0, 0.1) is 5.82 Å². The van der Waals surface area contributed by atoms with Gasteiger partial charge in [-0.3, -0.25) is 9.36 Å². The summed E-state index contributed by atoms with van der Waals surface area (Å²) in [6.45, 7) is 5.99. The van der Waals surface area contributed by atoms with E-state index in [1.165, 1.54) is 10.6 Å². The zero-order valence-electron chi connectivity index (χ0n) is 20.4. The van der Waals surface area contributed by atoms with Gasteiger partial charge in [0.05, 0.1) is 24.6 Å². The molecule has 0 spiro atoms. The number of halogens is 1. The highest BCUT2D eigenvalue weighted by atomic mass is 19.1. The molecule has 182 valence electrons. The first-order valence-corrected chi connectivity index (χ1v) is 12.0. The highest BCUT2D eigenvalue weighted by Gasteiger charge is 2.22. The Morgan fingerprint density at radius 2 is 1.50 bits per heavy atom. The molecule has 0 saturated carbocycles. The van der Waals surface area contributed by atoms with Crippen LogP contribution in [0.3, 0.4) is 0 Å². The Bertz CT molecular complexity index is 1650. The maximum Gasteiger partial charge on any atom is 0.337 e.